The number of primary amides is 1. The van der Waals surface area contributed by atoms with E-state index in [1.165, 1.54) is 16.7 Å². The van der Waals surface area contributed by atoms with Crippen molar-refractivity contribution < 1.29 is 9.18 Å². The van der Waals surface area contributed by atoms with E-state index in [9.17, 15) is 14.0 Å². The summed E-state index contributed by atoms with van der Waals surface area (Å²) in [5.41, 5.74) is 10.0. The van der Waals surface area contributed by atoms with Crippen LogP contribution in [0.4, 0.5) is 4.39 Å². The van der Waals surface area contributed by atoms with Gasteiger partial charge in [0.25, 0.3) is 11.5 Å². The summed E-state index contributed by atoms with van der Waals surface area (Å²) in [5.74, 6) is -0.472. The summed E-state index contributed by atoms with van der Waals surface area (Å²) in [6.07, 6.45) is 4.17. The first-order chi connectivity index (χ1) is 16.7. The number of halogens is 2. The molecule has 0 bridgehead atoms. The Bertz CT molecular complexity index is 1540. The van der Waals surface area contributed by atoms with Crippen LogP contribution >= 0.6 is 11.6 Å². The summed E-state index contributed by atoms with van der Waals surface area (Å²) in [7, 11) is 1.68. The summed E-state index contributed by atoms with van der Waals surface area (Å²) in [5, 5.41) is 0.178. The van der Waals surface area contributed by atoms with Crippen molar-refractivity contribution in [3.63, 3.8) is 0 Å². The van der Waals surface area contributed by atoms with Gasteiger partial charge in [0.2, 0.25) is 0 Å². The fourth-order valence-electron chi connectivity index (χ4n) is 4.63. The smallest absolute Gasteiger partial charge is 0.284 e. The predicted octanol–water partition coefficient (Wildman–Crippen LogP) is 4.41. The van der Waals surface area contributed by atoms with Crippen molar-refractivity contribution >= 4 is 17.5 Å². The van der Waals surface area contributed by atoms with Crippen molar-refractivity contribution in [2.75, 3.05) is 0 Å². The molecule has 178 valence electrons. The van der Waals surface area contributed by atoms with Crippen LogP contribution in [0.25, 0.3) is 17.1 Å². The predicted molar refractivity (Wildman–Crippen MR) is 132 cm³/mol. The Balaban J connectivity index is 1.54. The average molecular weight is 492 g/mol. The SMILES string of the molecule is Cc1cnc(-c2cn(C)c(C(N)=O)n2)cc1-n1c(C)cc([C@H]2C[C@@H]2c2ccc(F)cc2)c(Cl)c1=O. The number of imidazole rings is 1. The number of carbonyl (C=O) groups excluding carboxylic acids is 1. The van der Waals surface area contributed by atoms with Crippen LogP contribution in [-0.2, 0) is 7.05 Å². The van der Waals surface area contributed by atoms with E-state index in [0.29, 0.717) is 17.1 Å². The van der Waals surface area contributed by atoms with Crippen LogP contribution in [0.5, 0.6) is 0 Å². The number of nitrogens with two attached hydrogens (primary N) is 1. The molecule has 7 nitrogen and oxygen atoms in total. The number of benzene rings is 1. The summed E-state index contributed by atoms with van der Waals surface area (Å²) < 4.78 is 16.4. The van der Waals surface area contributed by atoms with Crippen molar-refractivity contribution in [3.8, 4) is 17.1 Å². The van der Waals surface area contributed by atoms with Crippen LogP contribution in [0.3, 0.4) is 0 Å². The molecular formula is C26H23ClFN5O2. The van der Waals surface area contributed by atoms with E-state index < -0.39 is 5.91 Å². The molecule has 0 unspecified atom stereocenters. The topological polar surface area (TPSA) is 95.8 Å². The van der Waals surface area contributed by atoms with Gasteiger partial charge in [-0.25, -0.2) is 9.37 Å². The van der Waals surface area contributed by atoms with Gasteiger partial charge in [0.15, 0.2) is 5.82 Å². The van der Waals surface area contributed by atoms with E-state index in [1.54, 1.807) is 42.2 Å². The molecule has 3 aromatic heterocycles. The normalized spacial score (nSPS) is 16.9. The summed E-state index contributed by atoms with van der Waals surface area (Å²) in [6.45, 7) is 3.72. The van der Waals surface area contributed by atoms with Crippen LogP contribution in [0.1, 0.15) is 51.3 Å². The molecule has 2 N–H and O–H groups in total. The molecule has 4 aromatic rings. The largest absolute Gasteiger partial charge is 0.363 e. The lowest BCUT2D eigenvalue weighted by Crippen LogP contribution is -2.23. The van der Waals surface area contributed by atoms with E-state index in [1.807, 2.05) is 19.9 Å². The Hall–Kier alpha value is -3.78. The molecule has 0 saturated heterocycles. The van der Waals surface area contributed by atoms with Crippen molar-refractivity contribution in [2.45, 2.75) is 32.1 Å². The van der Waals surface area contributed by atoms with Crippen LogP contribution in [0, 0.1) is 19.7 Å². The summed E-state index contributed by atoms with van der Waals surface area (Å²) >= 11 is 6.63. The molecule has 1 aliphatic rings. The zero-order valence-corrected chi connectivity index (χ0v) is 20.2. The quantitative estimate of drug-likeness (QED) is 0.447. The zero-order chi connectivity index (χ0) is 25.0. The maximum absolute atomic E-state index is 13.5. The van der Waals surface area contributed by atoms with Crippen LogP contribution in [0.15, 0.2) is 53.6 Å². The average Bonchev–Trinajstić information content (AvgIpc) is 3.51. The lowest BCUT2D eigenvalue weighted by Gasteiger charge is -2.16. The molecule has 1 fully saturated rings. The number of aromatic nitrogens is 4. The number of hydrogen-bond acceptors (Lipinski definition) is 4. The second kappa shape index (κ2) is 8.46. The van der Waals surface area contributed by atoms with Gasteiger partial charge in [0.05, 0.1) is 11.4 Å². The van der Waals surface area contributed by atoms with Gasteiger partial charge in [-0.05, 0) is 73.1 Å². The first-order valence-electron chi connectivity index (χ1n) is 11.1. The number of nitrogens with zero attached hydrogens (tertiary/aromatic N) is 4. The fourth-order valence-corrected chi connectivity index (χ4v) is 4.91. The van der Waals surface area contributed by atoms with Crippen LogP contribution < -0.4 is 11.3 Å². The van der Waals surface area contributed by atoms with Gasteiger partial charge in [0.1, 0.15) is 16.5 Å². The number of hydrogen-bond donors (Lipinski definition) is 1. The molecule has 2 atom stereocenters. The Labute approximate surface area is 206 Å². The monoisotopic (exact) mass is 491 g/mol. The third kappa shape index (κ3) is 4.04. The summed E-state index contributed by atoms with van der Waals surface area (Å²) in [4.78, 5) is 33.8. The van der Waals surface area contributed by atoms with Crippen molar-refractivity contribution in [1.29, 1.82) is 0 Å². The van der Waals surface area contributed by atoms with E-state index in [0.717, 1.165) is 28.8 Å². The molecule has 0 aliphatic heterocycles. The number of rotatable bonds is 5. The molecule has 1 aliphatic carbocycles. The van der Waals surface area contributed by atoms with Gasteiger partial charge in [-0.2, -0.15) is 0 Å². The van der Waals surface area contributed by atoms with Crippen molar-refractivity contribution in [3.05, 3.63) is 98.2 Å². The second-order valence-corrected chi connectivity index (χ2v) is 9.35. The summed E-state index contributed by atoms with van der Waals surface area (Å²) in [6, 6.07) is 10.2. The molecule has 3 heterocycles. The zero-order valence-electron chi connectivity index (χ0n) is 19.4. The number of aryl methyl sites for hydroxylation is 3. The van der Waals surface area contributed by atoms with E-state index in [-0.39, 0.29) is 34.1 Å². The van der Waals surface area contributed by atoms with Gasteiger partial charge >= 0.3 is 0 Å². The molecule has 0 spiro atoms. The lowest BCUT2D eigenvalue weighted by molar-refractivity contribution is 0.0987. The minimum Gasteiger partial charge on any atom is -0.363 e. The van der Waals surface area contributed by atoms with Crippen molar-refractivity contribution in [2.24, 2.45) is 12.8 Å². The third-order valence-electron chi connectivity index (χ3n) is 6.52. The highest BCUT2D eigenvalue weighted by atomic mass is 35.5. The first kappa shape index (κ1) is 23.0. The van der Waals surface area contributed by atoms with Crippen LogP contribution in [-0.4, -0.2) is 25.0 Å². The van der Waals surface area contributed by atoms with Gasteiger partial charge in [-0.15, -0.1) is 0 Å². The highest BCUT2D eigenvalue weighted by molar-refractivity contribution is 6.31. The molecule has 5 rings (SSSR count). The molecular weight excluding hydrogens is 469 g/mol. The lowest BCUT2D eigenvalue weighted by atomic mass is 10.0. The Morgan fingerprint density at radius 2 is 1.86 bits per heavy atom. The number of carbonyl (C=O) groups is 1. The minimum atomic E-state index is -0.639. The van der Waals surface area contributed by atoms with E-state index in [2.05, 4.69) is 9.97 Å². The standard InChI is InChI=1S/C26H23ClFN5O2/c1-13-11-30-20(21-12-32(3)25(31-21)24(29)34)10-22(13)33-14(2)8-19(23(27)26(33)35)18-9-17(18)15-4-6-16(28)7-5-15/h4-8,10-12,17-18H,9H2,1-3H3,(H2,29,34)/t17-,18+/m1/s1. The van der Waals surface area contributed by atoms with E-state index in [4.69, 9.17) is 17.3 Å². The van der Waals surface area contributed by atoms with Gasteiger partial charge in [0, 0.05) is 25.1 Å². The van der Waals surface area contributed by atoms with Gasteiger partial charge < -0.3 is 10.3 Å². The molecule has 1 aromatic carbocycles. The van der Waals surface area contributed by atoms with Gasteiger partial charge in [-0.1, -0.05) is 23.7 Å². The Morgan fingerprint density at radius 1 is 1.14 bits per heavy atom. The number of pyridine rings is 2. The molecule has 9 heteroatoms. The Kier molecular flexibility index (Phi) is 5.56. The minimum absolute atomic E-state index is 0.115. The first-order valence-corrected chi connectivity index (χ1v) is 11.5. The number of amides is 1. The van der Waals surface area contributed by atoms with Crippen molar-refractivity contribution in [1.82, 2.24) is 19.1 Å². The van der Waals surface area contributed by atoms with Crippen LogP contribution in [0.2, 0.25) is 5.02 Å². The Morgan fingerprint density at radius 3 is 2.51 bits per heavy atom. The molecule has 0 radical (unpaired) electrons. The fraction of sp³-hybridized carbons (Fsp3) is 0.231. The maximum atomic E-state index is 13.5. The third-order valence-corrected chi connectivity index (χ3v) is 6.90. The second-order valence-electron chi connectivity index (χ2n) is 8.98. The molecule has 1 amide bonds. The van der Waals surface area contributed by atoms with Gasteiger partial charge in [-0.3, -0.25) is 19.1 Å². The maximum Gasteiger partial charge on any atom is 0.284 e. The molecule has 1 saturated carbocycles. The highest BCUT2D eigenvalue weighted by Gasteiger charge is 2.41. The molecule has 35 heavy (non-hydrogen) atoms. The van der Waals surface area contributed by atoms with E-state index >= 15 is 0 Å². The highest BCUT2D eigenvalue weighted by Crippen LogP contribution is 2.55.